The molecule has 0 saturated heterocycles. The maximum Gasteiger partial charge on any atom is 0.260 e. The number of nitrogens with one attached hydrogen (secondary N) is 1. The first-order valence-electron chi connectivity index (χ1n) is 8.01. The van der Waals surface area contributed by atoms with Crippen molar-refractivity contribution in [3.8, 4) is 17.1 Å². The second kappa shape index (κ2) is 7.01. The number of rotatable bonds is 5. The maximum absolute atomic E-state index is 12.7. The Morgan fingerprint density at radius 2 is 2.19 bits per heavy atom. The third-order valence-electron chi connectivity index (χ3n) is 3.99. The summed E-state index contributed by atoms with van der Waals surface area (Å²) in [5.41, 5.74) is 0.638. The zero-order valence-corrected chi connectivity index (χ0v) is 15.8. The number of methoxy groups -OCH3 is 1. The van der Waals surface area contributed by atoms with Crippen molar-refractivity contribution in [2.75, 3.05) is 7.11 Å². The van der Waals surface area contributed by atoms with Crippen molar-refractivity contribution >= 4 is 33.3 Å². The van der Waals surface area contributed by atoms with Gasteiger partial charge in [-0.2, -0.15) is 0 Å². The van der Waals surface area contributed by atoms with Gasteiger partial charge in [0.1, 0.15) is 22.2 Å². The van der Waals surface area contributed by atoms with Gasteiger partial charge in [-0.25, -0.2) is 4.98 Å². The van der Waals surface area contributed by atoms with E-state index in [-0.39, 0.29) is 10.8 Å². The first-order chi connectivity index (χ1) is 12.7. The molecular formula is C19H16N2O3S2. The van der Waals surface area contributed by atoms with Crippen LogP contribution in [0, 0.1) is 0 Å². The molecule has 7 heteroatoms. The molecule has 0 aliphatic rings. The third kappa shape index (κ3) is 3.15. The van der Waals surface area contributed by atoms with Crippen LogP contribution in [-0.4, -0.2) is 17.1 Å². The molecule has 1 aromatic carbocycles. The number of thiophene rings is 1. The van der Waals surface area contributed by atoms with E-state index in [0.29, 0.717) is 21.8 Å². The first kappa shape index (κ1) is 16.9. The SMILES string of the molecule is COc1cccc(SC(C)c2nc3scc(-c4ccco4)c3c(=O)[nH]2)c1. The van der Waals surface area contributed by atoms with Crippen molar-refractivity contribution in [3.63, 3.8) is 0 Å². The van der Waals surface area contributed by atoms with E-state index in [1.165, 1.54) is 11.3 Å². The Bertz CT molecular complexity index is 1100. The highest BCUT2D eigenvalue weighted by molar-refractivity contribution is 7.99. The van der Waals surface area contributed by atoms with Crippen molar-refractivity contribution in [2.45, 2.75) is 17.1 Å². The van der Waals surface area contributed by atoms with Crippen molar-refractivity contribution in [2.24, 2.45) is 0 Å². The third-order valence-corrected chi connectivity index (χ3v) is 5.96. The van der Waals surface area contributed by atoms with Crippen LogP contribution >= 0.6 is 23.1 Å². The van der Waals surface area contributed by atoms with Crippen LogP contribution in [0.25, 0.3) is 21.5 Å². The van der Waals surface area contributed by atoms with Gasteiger partial charge < -0.3 is 14.1 Å². The summed E-state index contributed by atoms with van der Waals surface area (Å²) in [6, 6.07) is 11.5. The van der Waals surface area contributed by atoms with Crippen LogP contribution in [0.5, 0.6) is 5.75 Å². The molecule has 0 fully saturated rings. The molecule has 0 aliphatic carbocycles. The highest BCUT2D eigenvalue weighted by atomic mass is 32.2. The Labute approximate surface area is 158 Å². The fraction of sp³-hybridized carbons (Fsp3) is 0.158. The van der Waals surface area contributed by atoms with Gasteiger partial charge in [-0.1, -0.05) is 6.07 Å². The number of benzene rings is 1. The summed E-state index contributed by atoms with van der Waals surface area (Å²) in [6.07, 6.45) is 1.60. The van der Waals surface area contributed by atoms with Crippen LogP contribution in [0.4, 0.5) is 0 Å². The lowest BCUT2D eigenvalue weighted by Crippen LogP contribution is -2.12. The van der Waals surface area contributed by atoms with Gasteiger partial charge in [0.05, 0.1) is 24.0 Å². The van der Waals surface area contributed by atoms with E-state index >= 15 is 0 Å². The Kier molecular flexibility index (Phi) is 4.57. The summed E-state index contributed by atoms with van der Waals surface area (Å²) < 4.78 is 10.7. The van der Waals surface area contributed by atoms with Gasteiger partial charge in [0.25, 0.3) is 5.56 Å². The van der Waals surface area contributed by atoms with Gasteiger partial charge in [-0.3, -0.25) is 4.79 Å². The number of aromatic amines is 1. The topological polar surface area (TPSA) is 68.1 Å². The number of ether oxygens (including phenoxy) is 1. The van der Waals surface area contributed by atoms with Gasteiger partial charge in [-0.15, -0.1) is 23.1 Å². The minimum atomic E-state index is -0.143. The molecule has 3 aromatic heterocycles. The summed E-state index contributed by atoms with van der Waals surface area (Å²) in [7, 11) is 1.65. The Hall–Kier alpha value is -2.51. The number of hydrogen-bond donors (Lipinski definition) is 1. The summed E-state index contributed by atoms with van der Waals surface area (Å²) in [5, 5.41) is 2.48. The van der Waals surface area contributed by atoms with Gasteiger partial charge >= 0.3 is 0 Å². The van der Waals surface area contributed by atoms with Crippen LogP contribution in [0.15, 0.2) is 62.1 Å². The van der Waals surface area contributed by atoms with E-state index in [9.17, 15) is 4.79 Å². The van der Waals surface area contributed by atoms with E-state index < -0.39 is 0 Å². The Morgan fingerprint density at radius 1 is 1.31 bits per heavy atom. The number of aromatic nitrogens is 2. The van der Waals surface area contributed by atoms with E-state index in [1.807, 2.05) is 48.7 Å². The van der Waals surface area contributed by atoms with Gasteiger partial charge in [0, 0.05) is 15.8 Å². The summed E-state index contributed by atoms with van der Waals surface area (Å²) >= 11 is 3.07. The molecule has 4 aromatic rings. The molecule has 0 bridgehead atoms. The van der Waals surface area contributed by atoms with Crippen LogP contribution < -0.4 is 10.3 Å². The lowest BCUT2D eigenvalue weighted by molar-refractivity contribution is 0.413. The number of furan rings is 1. The molecule has 1 N–H and O–H groups in total. The zero-order valence-electron chi connectivity index (χ0n) is 14.2. The van der Waals surface area contributed by atoms with Gasteiger partial charge in [-0.05, 0) is 37.3 Å². The lowest BCUT2D eigenvalue weighted by Gasteiger charge is -2.11. The second-order valence-electron chi connectivity index (χ2n) is 5.70. The van der Waals surface area contributed by atoms with Crippen LogP contribution in [-0.2, 0) is 0 Å². The molecule has 0 aliphatic heterocycles. The Morgan fingerprint density at radius 3 is 2.96 bits per heavy atom. The number of nitrogens with zero attached hydrogens (tertiary/aromatic N) is 1. The molecule has 0 radical (unpaired) electrons. The van der Waals surface area contributed by atoms with Crippen molar-refractivity contribution in [3.05, 3.63) is 64.2 Å². The average Bonchev–Trinajstić information content (AvgIpc) is 3.31. The molecule has 0 spiro atoms. The van der Waals surface area contributed by atoms with Gasteiger partial charge in [0.15, 0.2) is 0 Å². The number of fused-ring (bicyclic) bond motifs is 1. The Balaban J connectivity index is 1.68. The summed E-state index contributed by atoms with van der Waals surface area (Å²) in [5.74, 6) is 2.14. The quantitative estimate of drug-likeness (QED) is 0.485. The number of H-pyrrole nitrogens is 1. The fourth-order valence-electron chi connectivity index (χ4n) is 2.71. The lowest BCUT2D eigenvalue weighted by atomic mass is 10.2. The predicted octanol–water partition coefficient (Wildman–Crippen LogP) is 5.11. The predicted molar refractivity (Wildman–Crippen MR) is 105 cm³/mol. The minimum Gasteiger partial charge on any atom is -0.497 e. The van der Waals surface area contributed by atoms with Crippen LogP contribution in [0.2, 0.25) is 0 Å². The second-order valence-corrected chi connectivity index (χ2v) is 7.97. The fourth-order valence-corrected chi connectivity index (χ4v) is 4.61. The average molecular weight is 384 g/mol. The monoisotopic (exact) mass is 384 g/mol. The first-order valence-corrected chi connectivity index (χ1v) is 9.77. The molecule has 5 nitrogen and oxygen atoms in total. The highest BCUT2D eigenvalue weighted by Crippen LogP contribution is 2.36. The van der Waals surface area contributed by atoms with E-state index in [2.05, 4.69) is 9.97 Å². The van der Waals surface area contributed by atoms with E-state index in [1.54, 1.807) is 25.1 Å². The van der Waals surface area contributed by atoms with Gasteiger partial charge in [0.2, 0.25) is 0 Å². The molecule has 1 unspecified atom stereocenters. The van der Waals surface area contributed by atoms with Crippen molar-refractivity contribution in [1.82, 2.24) is 9.97 Å². The molecular weight excluding hydrogens is 368 g/mol. The standard InChI is InChI=1S/C19H16N2O3S2/c1-11(26-13-6-3-5-12(9-13)23-2)17-20-18(22)16-14(10-25-19(16)21-17)15-7-4-8-24-15/h3-11H,1-2H3,(H,20,21,22). The molecule has 4 rings (SSSR count). The molecule has 132 valence electrons. The minimum absolute atomic E-state index is 0.00614. The van der Waals surface area contributed by atoms with Crippen molar-refractivity contribution < 1.29 is 9.15 Å². The smallest absolute Gasteiger partial charge is 0.260 e. The maximum atomic E-state index is 12.7. The number of thioether (sulfide) groups is 1. The molecule has 0 saturated carbocycles. The summed E-state index contributed by atoms with van der Waals surface area (Å²) in [6.45, 7) is 2.02. The van der Waals surface area contributed by atoms with Crippen LogP contribution in [0.3, 0.4) is 0 Å². The molecule has 0 amide bonds. The summed E-state index contributed by atoms with van der Waals surface area (Å²) in [4.78, 5) is 22.1. The zero-order chi connectivity index (χ0) is 18.1. The van der Waals surface area contributed by atoms with E-state index in [0.717, 1.165) is 16.2 Å². The van der Waals surface area contributed by atoms with Crippen LogP contribution in [0.1, 0.15) is 18.0 Å². The van der Waals surface area contributed by atoms with Crippen molar-refractivity contribution in [1.29, 1.82) is 0 Å². The highest BCUT2D eigenvalue weighted by Gasteiger charge is 2.17. The van der Waals surface area contributed by atoms with E-state index in [4.69, 9.17) is 9.15 Å². The number of hydrogen-bond acceptors (Lipinski definition) is 6. The molecule has 26 heavy (non-hydrogen) atoms. The normalized spacial score (nSPS) is 12.4. The molecule has 3 heterocycles. The largest absolute Gasteiger partial charge is 0.497 e. The molecule has 1 atom stereocenters.